The maximum atomic E-state index is 12.9. The summed E-state index contributed by atoms with van der Waals surface area (Å²) in [5.74, 6) is -1.00. The van der Waals surface area contributed by atoms with Crippen molar-refractivity contribution in [2.24, 2.45) is 0 Å². The molecule has 0 unspecified atom stereocenters. The van der Waals surface area contributed by atoms with E-state index in [1.54, 1.807) is 49.4 Å². The van der Waals surface area contributed by atoms with Crippen molar-refractivity contribution in [1.29, 1.82) is 0 Å². The highest BCUT2D eigenvalue weighted by atomic mass is 79.9. The summed E-state index contributed by atoms with van der Waals surface area (Å²) in [6.45, 7) is 1.71. The number of furan rings is 1. The predicted octanol–water partition coefficient (Wildman–Crippen LogP) is 4.59. The van der Waals surface area contributed by atoms with Crippen molar-refractivity contribution < 1.29 is 23.7 Å². The van der Waals surface area contributed by atoms with Crippen LogP contribution in [-0.2, 0) is 9.59 Å². The molecule has 0 bridgehead atoms. The van der Waals surface area contributed by atoms with Gasteiger partial charge in [-0.1, -0.05) is 15.9 Å². The van der Waals surface area contributed by atoms with Crippen molar-refractivity contribution in [1.82, 2.24) is 5.32 Å². The number of rotatable bonds is 4. The van der Waals surface area contributed by atoms with Crippen molar-refractivity contribution in [3.8, 4) is 11.3 Å². The van der Waals surface area contributed by atoms with Crippen LogP contribution in [-0.4, -0.2) is 22.8 Å². The molecule has 2 heterocycles. The molecule has 3 aromatic rings. The first-order chi connectivity index (χ1) is 15.2. The molecule has 1 aliphatic heterocycles. The zero-order valence-electron chi connectivity index (χ0n) is 16.5. The summed E-state index contributed by atoms with van der Waals surface area (Å²) in [6.07, 6.45) is 1.25. The number of benzene rings is 2. The smallest absolute Gasteiger partial charge is 0.335 e. The molecular formula is C22H14BrN3O6. The van der Waals surface area contributed by atoms with Crippen molar-refractivity contribution >= 4 is 51.2 Å². The summed E-state index contributed by atoms with van der Waals surface area (Å²) in [5, 5.41) is 13.1. The Labute approximate surface area is 189 Å². The average molecular weight is 496 g/mol. The number of urea groups is 1. The monoisotopic (exact) mass is 495 g/mol. The molecule has 0 spiro atoms. The Morgan fingerprint density at radius 3 is 2.44 bits per heavy atom. The number of anilines is 1. The Morgan fingerprint density at radius 2 is 1.78 bits per heavy atom. The zero-order chi connectivity index (χ0) is 23.0. The number of hydrogen-bond acceptors (Lipinski definition) is 6. The number of carbonyl (C=O) groups excluding carboxylic acids is 3. The fourth-order valence-electron chi connectivity index (χ4n) is 3.24. The Kier molecular flexibility index (Phi) is 5.45. The van der Waals surface area contributed by atoms with E-state index in [0.29, 0.717) is 22.6 Å². The van der Waals surface area contributed by atoms with Gasteiger partial charge in [-0.15, -0.1) is 0 Å². The molecule has 4 rings (SSSR count). The van der Waals surface area contributed by atoms with E-state index >= 15 is 0 Å². The van der Waals surface area contributed by atoms with E-state index in [-0.39, 0.29) is 17.0 Å². The second-order valence-corrected chi connectivity index (χ2v) is 7.81. The zero-order valence-corrected chi connectivity index (χ0v) is 18.1. The number of nitrogens with zero attached hydrogens (tertiary/aromatic N) is 2. The van der Waals surface area contributed by atoms with Crippen LogP contribution < -0.4 is 10.2 Å². The fourth-order valence-corrected chi connectivity index (χ4v) is 3.50. The lowest BCUT2D eigenvalue weighted by molar-refractivity contribution is -0.384. The summed E-state index contributed by atoms with van der Waals surface area (Å²) in [5.41, 5.74) is 1.25. The molecule has 9 nitrogen and oxygen atoms in total. The van der Waals surface area contributed by atoms with Crippen molar-refractivity contribution in [2.75, 3.05) is 4.90 Å². The van der Waals surface area contributed by atoms with Gasteiger partial charge < -0.3 is 4.42 Å². The molecule has 1 aliphatic rings. The van der Waals surface area contributed by atoms with E-state index in [0.717, 1.165) is 9.37 Å². The molecule has 1 fully saturated rings. The van der Waals surface area contributed by atoms with E-state index in [1.165, 1.54) is 18.2 Å². The van der Waals surface area contributed by atoms with E-state index < -0.39 is 22.8 Å². The maximum absolute atomic E-state index is 12.9. The number of carbonyl (C=O) groups is 3. The summed E-state index contributed by atoms with van der Waals surface area (Å²) in [6, 6.07) is 13.2. The van der Waals surface area contributed by atoms with Gasteiger partial charge >= 0.3 is 6.03 Å². The van der Waals surface area contributed by atoms with Crippen molar-refractivity contribution in [3.05, 3.63) is 86.1 Å². The van der Waals surface area contributed by atoms with Crippen LogP contribution in [0.15, 0.2) is 69.1 Å². The van der Waals surface area contributed by atoms with Crippen LogP contribution in [0, 0.1) is 17.0 Å². The fraction of sp³-hybridized carbons (Fsp3) is 0.0455. The molecule has 1 N–H and O–H groups in total. The SMILES string of the molecule is Cc1cc([N+](=O)[O-])ccc1-c1ccc(C=C2C(=O)NC(=O)N(c3ccc(Br)cc3)C2=O)o1. The normalized spacial score (nSPS) is 15.2. The number of aryl methyl sites for hydroxylation is 1. The van der Waals surface area contributed by atoms with Crippen LogP contribution in [0.4, 0.5) is 16.2 Å². The van der Waals surface area contributed by atoms with Crippen LogP contribution in [0.3, 0.4) is 0 Å². The van der Waals surface area contributed by atoms with Gasteiger partial charge in [-0.2, -0.15) is 0 Å². The van der Waals surface area contributed by atoms with E-state index in [4.69, 9.17) is 4.42 Å². The van der Waals surface area contributed by atoms with Crippen LogP contribution in [0.25, 0.3) is 17.4 Å². The summed E-state index contributed by atoms with van der Waals surface area (Å²) < 4.78 is 6.51. The molecule has 2 aromatic carbocycles. The highest BCUT2D eigenvalue weighted by Gasteiger charge is 2.37. The van der Waals surface area contributed by atoms with Crippen LogP contribution >= 0.6 is 15.9 Å². The third kappa shape index (κ3) is 3.95. The molecule has 10 heteroatoms. The lowest BCUT2D eigenvalue weighted by atomic mass is 10.1. The summed E-state index contributed by atoms with van der Waals surface area (Å²) in [7, 11) is 0. The number of barbiturate groups is 1. The Hall–Kier alpha value is -4.05. The van der Waals surface area contributed by atoms with Crippen LogP contribution in [0.5, 0.6) is 0 Å². The van der Waals surface area contributed by atoms with Gasteiger partial charge in [-0.05, 0) is 61.0 Å². The number of non-ortho nitro benzene ring substituents is 1. The predicted molar refractivity (Wildman–Crippen MR) is 119 cm³/mol. The highest BCUT2D eigenvalue weighted by Crippen LogP contribution is 2.30. The molecular weight excluding hydrogens is 482 g/mol. The number of nitro groups is 1. The quantitative estimate of drug-likeness (QED) is 0.244. The summed E-state index contributed by atoms with van der Waals surface area (Å²) >= 11 is 3.29. The first-order valence-electron chi connectivity index (χ1n) is 9.27. The first kappa shape index (κ1) is 21.2. The third-order valence-corrected chi connectivity index (χ3v) is 5.31. The maximum Gasteiger partial charge on any atom is 0.335 e. The van der Waals surface area contributed by atoms with Crippen molar-refractivity contribution in [3.63, 3.8) is 0 Å². The minimum absolute atomic E-state index is 0.0395. The number of amides is 4. The lowest BCUT2D eigenvalue weighted by Crippen LogP contribution is -2.54. The van der Waals surface area contributed by atoms with Gasteiger partial charge in [-0.25, -0.2) is 9.69 Å². The van der Waals surface area contributed by atoms with Gasteiger partial charge in [0.25, 0.3) is 17.5 Å². The first-order valence-corrected chi connectivity index (χ1v) is 10.1. The number of nitrogens with one attached hydrogen (secondary N) is 1. The standard InChI is InChI=1S/C22H14BrN3O6/c1-12-10-15(26(30)31)6-8-17(12)19-9-7-16(32-19)11-18-20(27)24-22(29)25(21(18)28)14-4-2-13(23)3-5-14/h2-11H,1H3,(H,24,27,29). The van der Waals surface area contributed by atoms with Gasteiger partial charge in [0, 0.05) is 22.2 Å². The van der Waals surface area contributed by atoms with Crippen molar-refractivity contribution in [2.45, 2.75) is 6.92 Å². The van der Waals surface area contributed by atoms with Gasteiger partial charge in [0.05, 0.1) is 10.6 Å². The topological polar surface area (TPSA) is 123 Å². The highest BCUT2D eigenvalue weighted by molar-refractivity contribution is 9.10. The van der Waals surface area contributed by atoms with Crippen LogP contribution in [0.2, 0.25) is 0 Å². The van der Waals surface area contributed by atoms with Gasteiger partial charge in [0.15, 0.2) is 0 Å². The third-order valence-electron chi connectivity index (χ3n) is 4.79. The molecule has 0 saturated carbocycles. The van der Waals surface area contributed by atoms with Gasteiger partial charge in [-0.3, -0.25) is 25.0 Å². The van der Waals surface area contributed by atoms with Crippen LogP contribution in [0.1, 0.15) is 11.3 Å². The minimum atomic E-state index is -0.846. The number of nitro benzene ring substituents is 1. The van der Waals surface area contributed by atoms with Gasteiger partial charge in [0.2, 0.25) is 0 Å². The van der Waals surface area contributed by atoms with E-state index in [9.17, 15) is 24.5 Å². The number of imide groups is 2. The Morgan fingerprint density at radius 1 is 1.06 bits per heavy atom. The van der Waals surface area contributed by atoms with E-state index in [2.05, 4.69) is 21.2 Å². The molecule has 0 atom stereocenters. The molecule has 1 aromatic heterocycles. The Bertz CT molecular complexity index is 1310. The summed E-state index contributed by atoms with van der Waals surface area (Å²) in [4.78, 5) is 48.8. The second kappa shape index (κ2) is 8.23. The average Bonchev–Trinajstić information content (AvgIpc) is 3.20. The second-order valence-electron chi connectivity index (χ2n) is 6.89. The van der Waals surface area contributed by atoms with E-state index in [1.807, 2.05) is 0 Å². The molecule has 0 aliphatic carbocycles. The molecule has 1 saturated heterocycles. The minimum Gasteiger partial charge on any atom is -0.457 e. The largest absolute Gasteiger partial charge is 0.457 e. The number of hydrogen-bond donors (Lipinski definition) is 1. The molecule has 4 amide bonds. The lowest BCUT2D eigenvalue weighted by Gasteiger charge is -2.26. The molecule has 0 radical (unpaired) electrons. The Balaban J connectivity index is 1.66. The van der Waals surface area contributed by atoms with Gasteiger partial charge in [0.1, 0.15) is 17.1 Å². The number of halogens is 1. The molecule has 32 heavy (non-hydrogen) atoms. The molecule has 160 valence electrons.